The maximum Gasteiger partial charge on any atom is 0.155 e. The van der Waals surface area contributed by atoms with Crippen molar-refractivity contribution in [2.75, 3.05) is 6.61 Å². The van der Waals surface area contributed by atoms with Crippen LogP contribution in [0.15, 0.2) is 18.2 Å². The number of ether oxygens (including phenoxy) is 1. The summed E-state index contributed by atoms with van der Waals surface area (Å²) >= 11 is 6.25. The lowest BCUT2D eigenvalue weighted by Gasteiger charge is -2.20. The maximum atomic E-state index is 6.25. The van der Waals surface area contributed by atoms with Crippen molar-refractivity contribution in [3.63, 3.8) is 0 Å². The molecule has 3 nitrogen and oxygen atoms in total. The largest absolute Gasteiger partial charge is 0.493 e. The van der Waals surface area contributed by atoms with Crippen LogP contribution in [0.4, 0.5) is 0 Å². The zero-order valence-electron chi connectivity index (χ0n) is 11.0. The Bertz CT molecular complexity index is 640. The fourth-order valence-corrected chi connectivity index (χ4v) is 2.59. The van der Waals surface area contributed by atoms with Gasteiger partial charge in [-0.1, -0.05) is 23.7 Å². The van der Waals surface area contributed by atoms with Crippen LogP contribution >= 0.6 is 11.6 Å². The number of halogens is 1. The summed E-state index contributed by atoms with van der Waals surface area (Å²) in [7, 11) is 0. The molecule has 1 aromatic carbocycles. The van der Waals surface area contributed by atoms with Crippen molar-refractivity contribution in [2.24, 2.45) is 0 Å². The first-order valence-corrected chi connectivity index (χ1v) is 6.80. The van der Waals surface area contributed by atoms with Gasteiger partial charge in [0.05, 0.1) is 18.0 Å². The van der Waals surface area contributed by atoms with Crippen molar-refractivity contribution in [2.45, 2.75) is 26.7 Å². The average molecular weight is 275 g/mol. The summed E-state index contributed by atoms with van der Waals surface area (Å²) in [5.74, 6) is 0.910. The number of aryl methyl sites for hydroxylation is 3. The van der Waals surface area contributed by atoms with Gasteiger partial charge in [0.15, 0.2) is 5.15 Å². The lowest BCUT2D eigenvalue weighted by molar-refractivity contribution is 0.289. The van der Waals surface area contributed by atoms with Crippen LogP contribution in [-0.2, 0) is 6.42 Å². The first-order chi connectivity index (χ1) is 9.16. The second kappa shape index (κ2) is 4.82. The van der Waals surface area contributed by atoms with Gasteiger partial charge in [-0.25, -0.2) is 9.97 Å². The molecule has 0 fully saturated rings. The molecule has 0 spiro atoms. The predicted molar refractivity (Wildman–Crippen MR) is 75.8 cm³/mol. The molecule has 0 bridgehead atoms. The number of benzene rings is 1. The SMILES string of the molecule is Cc1nc(Cl)c(-c2cccc3c2OCCC3)nc1C. The van der Waals surface area contributed by atoms with Gasteiger partial charge in [-0.15, -0.1) is 0 Å². The van der Waals surface area contributed by atoms with E-state index in [1.54, 1.807) is 0 Å². The summed E-state index contributed by atoms with van der Waals surface area (Å²) in [5.41, 5.74) is 4.63. The first kappa shape index (κ1) is 12.4. The van der Waals surface area contributed by atoms with E-state index in [0.717, 1.165) is 42.1 Å². The number of hydrogen-bond donors (Lipinski definition) is 0. The minimum atomic E-state index is 0.436. The topological polar surface area (TPSA) is 35.0 Å². The summed E-state index contributed by atoms with van der Waals surface area (Å²) < 4.78 is 5.81. The third kappa shape index (κ3) is 2.19. The van der Waals surface area contributed by atoms with Crippen molar-refractivity contribution in [3.8, 4) is 17.0 Å². The van der Waals surface area contributed by atoms with Gasteiger partial charge in [0.25, 0.3) is 0 Å². The molecule has 0 saturated heterocycles. The zero-order valence-corrected chi connectivity index (χ0v) is 11.8. The van der Waals surface area contributed by atoms with Gasteiger partial charge in [0.1, 0.15) is 11.4 Å². The van der Waals surface area contributed by atoms with Gasteiger partial charge in [-0.3, -0.25) is 0 Å². The number of para-hydroxylation sites is 1. The van der Waals surface area contributed by atoms with Crippen LogP contribution in [0.2, 0.25) is 5.15 Å². The monoisotopic (exact) mass is 274 g/mol. The van der Waals surface area contributed by atoms with Gasteiger partial charge in [0.2, 0.25) is 0 Å². The molecular formula is C15H15ClN2O. The molecule has 0 N–H and O–H groups in total. The second-order valence-electron chi connectivity index (χ2n) is 4.78. The van der Waals surface area contributed by atoms with Crippen LogP contribution in [0, 0.1) is 13.8 Å². The number of nitrogens with zero attached hydrogens (tertiary/aromatic N) is 2. The van der Waals surface area contributed by atoms with Crippen molar-refractivity contribution < 1.29 is 4.74 Å². The highest BCUT2D eigenvalue weighted by atomic mass is 35.5. The Kier molecular flexibility index (Phi) is 3.15. The molecule has 4 heteroatoms. The van der Waals surface area contributed by atoms with Crippen molar-refractivity contribution in [1.29, 1.82) is 0 Å². The van der Waals surface area contributed by atoms with Crippen LogP contribution in [0.1, 0.15) is 23.4 Å². The number of rotatable bonds is 1. The van der Waals surface area contributed by atoms with E-state index in [0.29, 0.717) is 10.8 Å². The fraction of sp³-hybridized carbons (Fsp3) is 0.333. The van der Waals surface area contributed by atoms with E-state index in [9.17, 15) is 0 Å². The van der Waals surface area contributed by atoms with Crippen LogP contribution in [-0.4, -0.2) is 16.6 Å². The minimum Gasteiger partial charge on any atom is -0.493 e. The second-order valence-corrected chi connectivity index (χ2v) is 5.14. The Morgan fingerprint density at radius 3 is 2.79 bits per heavy atom. The van der Waals surface area contributed by atoms with Gasteiger partial charge >= 0.3 is 0 Å². The number of fused-ring (bicyclic) bond motifs is 1. The summed E-state index contributed by atoms with van der Waals surface area (Å²) in [5, 5.41) is 0.436. The standard InChI is InChI=1S/C15H15ClN2O/c1-9-10(2)18-15(16)13(17-9)12-7-3-5-11-6-4-8-19-14(11)12/h3,5,7H,4,6,8H2,1-2H3. The lowest BCUT2D eigenvalue weighted by Crippen LogP contribution is -2.10. The van der Waals surface area contributed by atoms with E-state index in [1.807, 2.05) is 26.0 Å². The molecular weight excluding hydrogens is 260 g/mol. The smallest absolute Gasteiger partial charge is 0.155 e. The molecule has 0 atom stereocenters. The maximum absolute atomic E-state index is 6.25. The quantitative estimate of drug-likeness (QED) is 0.795. The van der Waals surface area contributed by atoms with E-state index >= 15 is 0 Å². The molecule has 1 aliphatic heterocycles. The van der Waals surface area contributed by atoms with Crippen molar-refractivity contribution >= 4 is 11.6 Å². The van der Waals surface area contributed by atoms with E-state index < -0.39 is 0 Å². The van der Waals surface area contributed by atoms with E-state index in [2.05, 4.69) is 16.0 Å². The molecule has 1 aliphatic rings. The van der Waals surface area contributed by atoms with Crippen LogP contribution in [0.25, 0.3) is 11.3 Å². The van der Waals surface area contributed by atoms with Gasteiger partial charge in [-0.2, -0.15) is 0 Å². The Balaban J connectivity index is 2.20. The van der Waals surface area contributed by atoms with E-state index in [4.69, 9.17) is 16.3 Å². The van der Waals surface area contributed by atoms with Crippen LogP contribution < -0.4 is 4.74 Å². The van der Waals surface area contributed by atoms with Crippen LogP contribution in [0.5, 0.6) is 5.75 Å². The number of hydrogen-bond acceptors (Lipinski definition) is 3. The van der Waals surface area contributed by atoms with E-state index in [-0.39, 0.29) is 0 Å². The Morgan fingerprint density at radius 2 is 1.95 bits per heavy atom. The predicted octanol–water partition coefficient (Wildman–Crippen LogP) is 3.74. The Labute approximate surface area is 117 Å². The van der Waals surface area contributed by atoms with Gasteiger partial charge in [-0.05, 0) is 38.3 Å². The summed E-state index contributed by atoms with van der Waals surface area (Å²) in [4.78, 5) is 8.92. The third-order valence-corrected chi connectivity index (χ3v) is 3.72. The normalized spacial score (nSPS) is 13.8. The fourth-order valence-electron chi connectivity index (χ4n) is 2.32. The third-order valence-electron chi connectivity index (χ3n) is 3.45. The molecule has 2 heterocycles. The zero-order chi connectivity index (χ0) is 13.4. The molecule has 98 valence electrons. The number of aromatic nitrogens is 2. The Morgan fingerprint density at radius 1 is 1.16 bits per heavy atom. The van der Waals surface area contributed by atoms with Crippen molar-refractivity contribution in [1.82, 2.24) is 9.97 Å². The molecule has 19 heavy (non-hydrogen) atoms. The summed E-state index contributed by atoms with van der Waals surface area (Å²) in [6.07, 6.45) is 2.10. The molecule has 0 amide bonds. The Hall–Kier alpha value is -1.61. The molecule has 0 saturated carbocycles. The summed E-state index contributed by atoms with van der Waals surface area (Å²) in [6, 6.07) is 6.12. The molecule has 0 radical (unpaired) electrons. The highest BCUT2D eigenvalue weighted by Crippen LogP contribution is 2.37. The molecule has 1 aromatic heterocycles. The molecule has 3 rings (SSSR count). The van der Waals surface area contributed by atoms with Gasteiger partial charge in [0, 0.05) is 5.56 Å². The highest BCUT2D eigenvalue weighted by molar-refractivity contribution is 6.31. The highest BCUT2D eigenvalue weighted by Gasteiger charge is 2.19. The average Bonchev–Trinajstić information content (AvgIpc) is 2.42. The summed E-state index contributed by atoms with van der Waals surface area (Å²) in [6.45, 7) is 4.60. The lowest BCUT2D eigenvalue weighted by atomic mass is 10.0. The van der Waals surface area contributed by atoms with Crippen molar-refractivity contribution in [3.05, 3.63) is 40.3 Å². The molecule has 0 unspecified atom stereocenters. The van der Waals surface area contributed by atoms with Crippen LogP contribution in [0.3, 0.4) is 0 Å². The van der Waals surface area contributed by atoms with Gasteiger partial charge < -0.3 is 4.74 Å². The molecule has 2 aromatic rings. The minimum absolute atomic E-state index is 0.436. The first-order valence-electron chi connectivity index (χ1n) is 6.42. The molecule has 0 aliphatic carbocycles. The van der Waals surface area contributed by atoms with E-state index in [1.165, 1.54) is 5.56 Å².